The van der Waals surface area contributed by atoms with Gasteiger partial charge in [0, 0.05) is 23.2 Å². The number of carbonyl (C=O) groups excluding carboxylic acids is 1. The van der Waals surface area contributed by atoms with Crippen LogP contribution in [0, 0.1) is 0 Å². The van der Waals surface area contributed by atoms with Gasteiger partial charge in [-0.1, -0.05) is 15.9 Å². The van der Waals surface area contributed by atoms with Gasteiger partial charge in [0.2, 0.25) is 5.91 Å². The van der Waals surface area contributed by atoms with Crippen molar-refractivity contribution in [1.82, 2.24) is 5.32 Å². The summed E-state index contributed by atoms with van der Waals surface area (Å²) < 4.78 is 43.6. The van der Waals surface area contributed by atoms with E-state index in [2.05, 4.69) is 26.6 Å². The van der Waals surface area contributed by atoms with Crippen LogP contribution in [-0.2, 0) is 15.7 Å². The summed E-state index contributed by atoms with van der Waals surface area (Å²) in [6, 6.07) is 3.52. The van der Waals surface area contributed by atoms with Crippen molar-refractivity contribution in [2.45, 2.75) is 18.7 Å². The largest absolute Gasteiger partial charge is 0.417 e. The molecule has 0 radical (unpaired) electrons. The highest BCUT2D eigenvalue weighted by molar-refractivity contribution is 9.10. The van der Waals surface area contributed by atoms with Gasteiger partial charge in [-0.2, -0.15) is 13.2 Å². The van der Waals surface area contributed by atoms with Gasteiger partial charge in [0.15, 0.2) is 0 Å². The monoisotopic (exact) mass is 366 g/mol. The van der Waals surface area contributed by atoms with Crippen molar-refractivity contribution < 1.29 is 22.7 Å². The van der Waals surface area contributed by atoms with Crippen LogP contribution >= 0.6 is 15.9 Å². The molecule has 0 saturated carbocycles. The number of benzene rings is 1. The molecule has 1 saturated heterocycles. The van der Waals surface area contributed by atoms with Gasteiger partial charge in [0.1, 0.15) is 6.61 Å². The lowest BCUT2D eigenvalue weighted by Gasteiger charge is -2.38. The maximum absolute atomic E-state index is 12.7. The second-order valence-electron chi connectivity index (χ2n) is 5.08. The van der Waals surface area contributed by atoms with E-state index in [0.29, 0.717) is 13.1 Å². The fraction of sp³-hybridized carbons (Fsp3) is 0.462. The zero-order valence-electron chi connectivity index (χ0n) is 11.2. The Hall–Kier alpha value is -1.12. The Labute approximate surface area is 128 Å². The van der Waals surface area contributed by atoms with Crippen molar-refractivity contribution in [3.05, 3.63) is 28.2 Å². The SMILES string of the molecule is CC1(OCC(=O)Nc2ccc(Br)c(C(F)(F)F)c2)CNC1. The molecule has 0 spiro atoms. The molecular formula is C13H14BrF3N2O2. The fourth-order valence-electron chi connectivity index (χ4n) is 1.84. The fourth-order valence-corrected chi connectivity index (χ4v) is 2.31. The summed E-state index contributed by atoms with van der Waals surface area (Å²) in [5.41, 5.74) is -1.14. The van der Waals surface area contributed by atoms with Crippen LogP contribution in [0.4, 0.5) is 18.9 Å². The predicted molar refractivity (Wildman–Crippen MR) is 75.0 cm³/mol. The lowest BCUT2D eigenvalue weighted by Crippen LogP contribution is -2.59. The highest BCUT2D eigenvalue weighted by atomic mass is 79.9. The minimum absolute atomic E-state index is 0.0719. The maximum Gasteiger partial charge on any atom is 0.417 e. The lowest BCUT2D eigenvalue weighted by atomic mass is 10.0. The average Bonchev–Trinajstić information content (AvgIpc) is 2.35. The van der Waals surface area contributed by atoms with E-state index in [1.54, 1.807) is 0 Å². The zero-order valence-corrected chi connectivity index (χ0v) is 12.8. The van der Waals surface area contributed by atoms with Crippen LogP contribution in [0.15, 0.2) is 22.7 Å². The number of anilines is 1. The summed E-state index contributed by atoms with van der Waals surface area (Å²) in [7, 11) is 0. The number of halogens is 4. The van der Waals surface area contributed by atoms with E-state index in [1.807, 2.05) is 6.92 Å². The highest BCUT2D eigenvalue weighted by Gasteiger charge is 2.34. The normalized spacial score (nSPS) is 17.2. The average molecular weight is 367 g/mol. The van der Waals surface area contributed by atoms with Gasteiger partial charge in [0.05, 0.1) is 11.2 Å². The lowest BCUT2D eigenvalue weighted by molar-refractivity contribution is -0.138. The summed E-state index contributed by atoms with van der Waals surface area (Å²) in [6.45, 7) is 2.96. The molecule has 1 aliphatic rings. The Kier molecular flexibility index (Phi) is 4.60. The molecule has 0 unspecified atom stereocenters. The number of hydrogen-bond donors (Lipinski definition) is 2. The molecule has 0 aromatic heterocycles. The van der Waals surface area contributed by atoms with Crippen LogP contribution in [0.25, 0.3) is 0 Å². The molecule has 0 aliphatic carbocycles. The minimum atomic E-state index is -4.48. The summed E-state index contributed by atoms with van der Waals surface area (Å²) in [4.78, 5) is 11.7. The molecule has 21 heavy (non-hydrogen) atoms. The molecule has 1 aliphatic heterocycles. The molecule has 1 aromatic rings. The van der Waals surface area contributed by atoms with Crippen molar-refractivity contribution in [2.75, 3.05) is 25.0 Å². The van der Waals surface area contributed by atoms with E-state index in [1.165, 1.54) is 12.1 Å². The van der Waals surface area contributed by atoms with Gasteiger partial charge in [-0.15, -0.1) is 0 Å². The predicted octanol–water partition coefficient (Wildman–Crippen LogP) is 2.78. The van der Waals surface area contributed by atoms with Crippen molar-refractivity contribution in [3.8, 4) is 0 Å². The van der Waals surface area contributed by atoms with Crippen LogP contribution in [0.5, 0.6) is 0 Å². The summed E-state index contributed by atoms with van der Waals surface area (Å²) in [5, 5.41) is 5.42. The highest BCUT2D eigenvalue weighted by Crippen LogP contribution is 2.36. The number of ether oxygens (including phenoxy) is 1. The van der Waals surface area contributed by atoms with Crippen LogP contribution < -0.4 is 10.6 Å². The Morgan fingerprint density at radius 3 is 2.67 bits per heavy atom. The van der Waals surface area contributed by atoms with E-state index in [4.69, 9.17) is 4.74 Å². The molecule has 0 bridgehead atoms. The first-order valence-corrected chi connectivity index (χ1v) is 7.00. The van der Waals surface area contributed by atoms with Gasteiger partial charge < -0.3 is 15.4 Å². The molecule has 1 fully saturated rings. The second-order valence-corrected chi connectivity index (χ2v) is 5.94. The third-order valence-electron chi connectivity index (χ3n) is 3.11. The van der Waals surface area contributed by atoms with Gasteiger partial charge in [-0.3, -0.25) is 4.79 Å². The number of amides is 1. The van der Waals surface area contributed by atoms with E-state index < -0.39 is 17.6 Å². The molecule has 2 N–H and O–H groups in total. The number of alkyl halides is 3. The Morgan fingerprint density at radius 2 is 2.14 bits per heavy atom. The number of hydrogen-bond acceptors (Lipinski definition) is 3. The molecule has 1 amide bonds. The molecule has 116 valence electrons. The van der Waals surface area contributed by atoms with Crippen molar-refractivity contribution in [2.24, 2.45) is 0 Å². The third-order valence-corrected chi connectivity index (χ3v) is 3.80. The summed E-state index contributed by atoms with van der Waals surface area (Å²) in [6.07, 6.45) is -4.48. The van der Waals surface area contributed by atoms with Gasteiger partial charge in [0.25, 0.3) is 0 Å². The van der Waals surface area contributed by atoms with E-state index in [0.717, 1.165) is 6.07 Å². The van der Waals surface area contributed by atoms with Crippen LogP contribution in [0.2, 0.25) is 0 Å². The molecule has 4 nitrogen and oxygen atoms in total. The molecule has 1 aromatic carbocycles. The summed E-state index contributed by atoms with van der Waals surface area (Å²) >= 11 is 2.84. The van der Waals surface area contributed by atoms with Crippen LogP contribution in [-0.4, -0.2) is 31.2 Å². The molecule has 1 heterocycles. The Balaban J connectivity index is 1.97. The number of rotatable bonds is 4. The van der Waals surface area contributed by atoms with E-state index >= 15 is 0 Å². The standard InChI is InChI=1S/C13H14BrF3N2O2/c1-12(6-18-7-12)21-5-11(20)19-8-2-3-10(14)9(4-8)13(15,16)17/h2-4,18H,5-7H2,1H3,(H,19,20). The Morgan fingerprint density at radius 1 is 1.48 bits per heavy atom. The zero-order chi connectivity index (χ0) is 15.7. The first kappa shape index (κ1) is 16.3. The smallest absolute Gasteiger partial charge is 0.363 e. The van der Waals surface area contributed by atoms with Crippen LogP contribution in [0.1, 0.15) is 12.5 Å². The van der Waals surface area contributed by atoms with E-state index in [9.17, 15) is 18.0 Å². The van der Waals surface area contributed by atoms with Crippen molar-refractivity contribution in [1.29, 1.82) is 0 Å². The Bertz CT molecular complexity index is 545. The summed E-state index contributed by atoms with van der Waals surface area (Å²) in [5.74, 6) is -0.487. The van der Waals surface area contributed by atoms with Gasteiger partial charge in [-0.25, -0.2) is 0 Å². The van der Waals surface area contributed by atoms with Crippen LogP contribution in [0.3, 0.4) is 0 Å². The third kappa shape index (κ3) is 4.18. The van der Waals surface area contributed by atoms with Gasteiger partial charge >= 0.3 is 6.18 Å². The number of nitrogens with one attached hydrogen (secondary N) is 2. The van der Waals surface area contributed by atoms with Gasteiger partial charge in [-0.05, 0) is 25.1 Å². The second kappa shape index (κ2) is 5.94. The minimum Gasteiger partial charge on any atom is -0.363 e. The first-order valence-electron chi connectivity index (χ1n) is 6.21. The molecule has 2 rings (SSSR count). The van der Waals surface area contributed by atoms with E-state index in [-0.39, 0.29) is 22.4 Å². The first-order chi connectivity index (χ1) is 9.70. The van der Waals surface area contributed by atoms with Crippen molar-refractivity contribution >= 4 is 27.5 Å². The quantitative estimate of drug-likeness (QED) is 0.861. The van der Waals surface area contributed by atoms with Crippen molar-refractivity contribution in [3.63, 3.8) is 0 Å². The topological polar surface area (TPSA) is 50.4 Å². The number of carbonyl (C=O) groups is 1. The molecule has 0 atom stereocenters. The molecule has 8 heteroatoms. The maximum atomic E-state index is 12.7. The molecular weight excluding hydrogens is 353 g/mol.